The smallest absolute Gasteiger partial charge is 0.229 e. The van der Waals surface area contributed by atoms with Crippen molar-refractivity contribution in [2.75, 3.05) is 27.9 Å². The number of ether oxygens (including phenoxy) is 5. The normalized spacial score (nSPS) is 24.3. The zero-order valence-corrected chi connectivity index (χ0v) is 19.2. The summed E-state index contributed by atoms with van der Waals surface area (Å²) >= 11 is 0. The molecule has 1 aromatic heterocycles. The maximum atomic E-state index is 13.2. The van der Waals surface area contributed by atoms with Gasteiger partial charge in [-0.05, 0) is 18.2 Å². The maximum absolute atomic E-state index is 13.2. The minimum absolute atomic E-state index is 0.0342. The molecule has 2 heterocycles. The van der Waals surface area contributed by atoms with E-state index in [0.717, 1.165) is 0 Å². The number of aliphatic hydroxyl groups is 4. The van der Waals surface area contributed by atoms with Crippen LogP contribution in [0.15, 0.2) is 45.6 Å². The molecule has 4 rings (SSSR count). The molecule has 5 atom stereocenters. The van der Waals surface area contributed by atoms with E-state index in [0.29, 0.717) is 17.1 Å². The third-order valence-electron chi connectivity index (χ3n) is 5.76. The van der Waals surface area contributed by atoms with E-state index in [9.17, 15) is 25.2 Å². The molecule has 1 saturated heterocycles. The van der Waals surface area contributed by atoms with Crippen LogP contribution in [0.1, 0.15) is 0 Å². The van der Waals surface area contributed by atoms with Gasteiger partial charge < -0.3 is 48.5 Å². The largest absolute Gasteiger partial charge is 0.496 e. The highest BCUT2D eigenvalue weighted by Crippen LogP contribution is 2.36. The van der Waals surface area contributed by atoms with Crippen LogP contribution in [0.5, 0.6) is 23.0 Å². The average Bonchev–Trinajstić information content (AvgIpc) is 2.87. The van der Waals surface area contributed by atoms with Gasteiger partial charge in [-0.1, -0.05) is 0 Å². The lowest BCUT2D eigenvalue weighted by Crippen LogP contribution is -2.60. The van der Waals surface area contributed by atoms with Crippen LogP contribution in [0.3, 0.4) is 0 Å². The lowest BCUT2D eigenvalue weighted by atomic mass is 9.99. The summed E-state index contributed by atoms with van der Waals surface area (Å²) in [4.78, 5) is 13.2. The zero-order chi connectivity index (χ0) is 25.3. The Morgan fingerprint density at radius 2 is 1.60 bits per heavy atom. The summed E-state index contributed by atoms with van der Waals surface area (Å²) in [5.74, 6) is 1.44. The molecule has 0 saturated carbocycles. The molecule has 1 aliphatic heterocycles. The van der Waals surface area contributed by atoms with Crippen molar-refractivity contribution >= 4 is 11.0 Å². The summed E-state index contributed by atoms with van der Waals surface area (Å²) in [5, 5.41) is 39.9. The molecule has 3 aromatic rings. The van der Waals surface area contributed by atoms with Gasteiger partial charge in [0.2, 0.25) is 6.29 Å². The standard InChI is InChI=1S/C24H26O11/c1-30-12-7-17-20(18(8-12)34-24-23(29)22(28)21(27)19(10-25)35-24)13(26)9-15(33-17)11-4-5-14(31-2)16(6-11)32-3/h4-9,19,21-25,27-29H,10H2,1-3H3/t19-,21-,22+,23+,24-/m1/s1. The fourth-order valence-electron chi connectivity index (χ4n) is 3.86. The SMILES string of the molecule is COc1cc(O[C@@H]2O[C@H](CO)[C@@H](O)[C@H](O)[C@@H]2O)c2c(=O)cc(-c3ccc(OC)c(OC)c3)oc2c1. The Hall–Kier alpha value is -3.35. The number of aliphatic hydroxyl groups excluding tert-OH is 4. The van der Waals surface area contributed by atoms with E-state index in [1.54, 1.807) is 18.2 Å². The highest BCUT2D eigenvalue weighted by atomic mass is 16.7. The van der Waals surface area contributed by atoms with Crippen molar-refractivity contribution in [3.8, 4) is 34.3 Å². The number of fused-ring (bicyclic) bond motifs is 1. The van der Waals surface area contributed by atoms with Gasteiger partial charge in [-0.2, -0.15) is 0 Å². The first kappa shape index (κ1) is 24.8. The van der Waals surface area contributed by atoms with Crippen molar-refractivity contribution in [1.29, 1.82) is 0 Å². The van der Waals surface area contributed by atoms with Crippen molar-refractivity contribution in [1.82, 2.24) is 0 Å². The number of methoxy groups -OCH3 is 3. The third kappa shape index (κ3) is 4.64. The zero-order valence-electron chi connectivity index (χ0n) is 19.2. The number of hydrogen-bond acceptors (Lipinski definition) is 11. The van der Waals surface area contributed by atoms with E-state index in [1.165, 1.54) is 39.5 Å². The van der Waals surface area contributed by atoms with E-state index in [4.69, 9.17) is 28.1 Å². The van der Waals surface area contributed by atoms with Crippen LogP contribution in [0.4, 0.5) is 0 Å². The minimum Gasteiger partial charge on any atom is -0.496 e. The summed E-state index contributed by atoms with van der Waals surface area (Å²) in [5.41, 5.74) is 0.223. The molecule has 0 radical (unpaired) electrons. The van der Waals surface area contributed by atoms with E-state index in [1.807, 2.05) is 0 Å². The van der Waals surface area contributed by atoms with Crippen LogP contribution in [-0.2, 0) is 4.74 Å². The molecule has 0 amide bonds. The van der Waals surface area contributed by atoms with E-state index in [2.05, 4.69) is 0 Å². The summed E-state index contributed by atoms with van der Waals surface area (Å²) in [7, 11) is 4.41. The molecular weight excluding hydrogens is 464 g/mol. The molecule has 4 N–H and O–H groups in total. The van der Waals surface area contributed by atoms with E-state index in [-0.39, 0.29) is 28.2 Å². The van der Waals surface area contributed by atoms with Gasteiger partial charge >= 0.3 is 0 Å². The van der Waals surface area contributed by atoms with Gasteiger partial charge in [0.05, 0.1) is 27.9 Å². The average molecular weight is 490 g/mol. The predicted molar refractivity (Wildman–Crippen MR) is 122 cm³/mol. The van der Waals surface area contributed by atoms with Crippen molar-refractivity contribution in [2.24, 2.45) is 0 Å². The van der Waals surface area contributed by atoms with Gasteiger partial charge in [0.15, 0.2) is 16.9 Å². The Balaban J connectivity index is 1.78. The first-order valence-corrected chi connectivity index (χ1v) is 10.7. The van der Waals surface area contributed by atoms with Crippen molar-refractivity contribution < 1.29 is 48.5 Å². The molecular formula is C24H26O11. The first-order valence-electron chi connectivity index (χ1n) is 10.7. The fraction of sp³-hybridized carbons (Fsp3) is 0.375. The van der Waals surface area contributed by atoms with Gasteiger partial charge in [0, 0.05) is 23.8 Å². The summed E-state index contributed by atoms with van der Waals surface area (Å²) in [6.07, 6.45) is -7.52. The van der Waals surface area contributed by atoms with Crippen LogP contribution >= 0.6 is 0 Å². The second-order valence-electron chi connectivity index (χ2n) is 7.86. The highest BCUT2D eigenvalue weighted by Gasteiger charge is 2.45. The molecule has 1 aliphatic rings. The second-order valence-corrected chi connectivity index (χ2v) is 7.86. The van der Waals surface area contributed by atoms with Gasteiger partial charge in [0.1, 0.15) is 52.6 Å². The molecule has 2 aromatic carbocycles. The molecule has 0 aliphatic carbocycles. The molecule has 35 heavy (non-hydrogen) atoms. The van der Waals surface area contributed by atoms with Gasteiger partial charge in [-0.3, -0.25) is 4.79 Å². The van der Waals surface area contributed by atoms with E-state index < -0.39 is 42.7 Å². The third-order valence-corrected chi connectivity index (χ3v) is 5.76. The molecule has 11 heteroatoms. The van der Waals surface area contributed by atoms with E-state index >= 15 is 0 Å². The van der Waals surface area contributed by atoms with Crippen LogP contribution in [0.25, 0.3) is 22.3 Å². The molecule has 1 fully saturated rings. The molecule has 11 nitrogen and oxygen atoms in total. The first-order chi connectivity index (χ1) is 16.8. The summed E-state index contributed by atoms with van der Waals surface area (Å²) in [6.45, 7) is -0.625. The number of hydrogen-bond donors (Lipinski definition) is 4. The highest BCUT2D eigenvalue weighted by molar-refractivity contribution is 5.86. The van der Waals surface area contributed by atoms with Gasteiger partial charge in [-0.15, -0.1) is 0 Å². The topological polar surface area (TPSA) is 157 Å². The molecule has 0 spiro atoms. The van der Waals surface area contributed by atoms with Crippen molar-refractivity contribution in [2.45, 2.75) is 30.7 Å². The van der Waals surface area contributed by atoms with Crippen molar-refractivity contribution in [3.63, 3.8) is 0 Å². The Bertz CT molecular complexity index is 1250. The molecule has 0 unspecified atom stereocenters. The lowest BCUT2D eigenvalue weighted by Gasteiger charge is -2.39. The van der Waals surface area contributed by atoms with Gasteiger partial charge in [0.25, 0.3) is 0 Å². The van der Waals surface area contributed by atoms with Crippen LogP contribution in [0.2, 0.25) is 0 Å². The summed E-state index contributed by atoms with van der Waals surface area (Å²) in [6, 6.07) is 9.22. The fourth-order valence-corrected chi connectivity index (χ4v) is 3.86. The minimum atomic E-state index is -1.66. The summed E-state index contributed by atoms with van der Waals surface area (Å²) < 4.78 is 33.0. The molecule has 0 bridgehead atoms. The number of benzene rings is 2. The Morgan fingerprint density at radius 3 is 2.26 bits per heavy atom. The molecule has 188 valence electrons. The quantitative estimate of drug-likeness (QED) is 0.369. The maximum Gasteiger partial charge on any atom is 0.229 e. The van der Waals surface area contributed by atoms with Crippen molar-refractivity contribution in [3.05, 3.63) is 46.6 Å². The number of rotatable bonds is 7. The lowest BCUT2D eigenvalue weighted by molar-refractivity contribution is -0.277. The van der Waals surface area contributed by atoms with Gasteiger partial charge in [-0.25, -0.2) is 0 Å². The van der Waals surface area contributed by atoms with Crippen LogP contribution < -0.4 is 24.4 Å². The monoisotopic (exact) mass is 490 g/mol. The predicted octanol–water partition coefficient (Wildman–Crippen LogP) is 0.664. The second kappa shape index (κ2) is 10.1. The Labute approximate surface area is 199 Å². The Kier molecular flexibility index (Phi) is 7.15. The Morgan fingerprint density at radius 1 is 0.857 bits per heavy atom. The van der Waals surface area contributed by atoms with Crippen LogP contribution in [-0.4, -0.2) is 79.1 Å². The van der Waals surface area contributed by atoms with Crippen LogP contribution in [0, 0.1) is 0 Å².